The number of hydrogen-bond acceptors (Lipinski definition) is 4. The van der Waals surface area contributed by atoms with Crippen molar-refractivity contribution in [1.29, 1.82) is 0 Å². The van der Waals surface area contributed by atoms with Crippen LogP contribution >= 0.6 is 11.6 Å². The van der Waals surface area contributed by atoms with E-state index >= 15 is 0 Å². The van der Waals surface area contributed by atoms with Gasteiger partial charge in [0.1, 0.15) is 11.7 Å². The maximum Gasteiger partial charge on any atom is 0.325 e. The zero-order valence-corrected chi connectivity index (χ0v) is 14.2. The first kappa shape index (κ1) is 16.3. The smallest absolute Gasteiger partial charge is 0.325 e. The van der Waals surface area contributed by atoms with E-state index in [1.165, 1.54) is 6.07 Å². The van der Waals surface area contributed by atoms with Crippen LogP contribution in [0.15, 0.2) is 41.2 Å². The summed E-state index contributed by atoms with van der Waals surface area (Å²) in [6, 6.07) is 9.46. The summed E-state index contributed by atoms with van der Waals surface area (Å²) in [4.78, 5) is 47.1. The topological polar surface area (TPSA) is 111 Å². The number of H-pyrrole nitrogens is 2. The van der Waals surface area contributed by atoms with E-state index in [2.05, 4.69) is 20.3 Å². The van der Waals surface area contributed by atoms with Crippen LogP contribution in [0.1, 0.15) is 16.9 Å². The molecule has 3 heterocycles. The van der Waals surface area contributed by atoms with Gasteiger partial charge >= 0.3 is 5.69 Å². The maximum atomic E-state index is 12.6. The van der Waals surface area contributed by atoms with Crippen LogP contribution in [0.3, 0.4) is 0 Å². The van der Waals surface area contributed by atoms with Gasteiger partial charge < -0.3 is 15.2 Å². The minimum atomic E-state index is -0.635. The van der Waals surface area contributed by atoms with Crippen LogP contribution in [0.2, 0.25) is 5.02 Å². The lowest BCUT2D eigenvalue weighted by atomic mass is 10.2. The van der Waals surface area contributed by atoms with Crippen LogP contribution in [0.25, 0.3) is 11.2 Å². The van der Waals surface area contributed by atoms with E-state index in [-0.39, 0.29) is 11.6 Å². The monoisotopic (exact) mass is 371 g/mol. The number of carbonyl (C=O) groups is 2. The minimum Gasteiger partial charge on any atom is -0.339 e. The Morgan fingerprint density at radius 1 is 1.23 bits per heavy atom. The lowest BCUT2D eigenvalue weighted by Gasteiger charge is -2.17. The number of nitrogens with zero attached hydrogens (tertiary/aromatic N) is 2. The third-order valence-corrected chi connectivity index (χ3v) is 4.47. The second-order valence-electron chi connectivity index (χ2n) is 5.96. The minimum absolute atomic E-state index is 0.127. The fourth-order valence-electron chi connectivity index (χ4n) is 2.99. The van der Waals surface area contributed by atoms with Crippen LogP contribution in [0.4, 0.5) is 5.69 Å². The zero-order valence-electron chi connectivity index (χ0n) is 13.5. The van der Waals surface area contributed by atoms with E-state index in [1.807, 2.05) is 0 Å². The predicted octanol–water partition coefficient (Wildman–Crippen LogP) is 1.44. The molecule has 0 bridgehead atoms. The molecule has 1 aromatic carbocycles. The number of pyridine rings is 1. The summed E-state index contributed by atoms with van der Waals surface area (Å²) in [5.74, 6) is -0.669. The average Bonchev–Trinajstić information content (AvgIpc) is 3.16. The molecule has 0 aliphatic carbocycles. The molecule has 1 aliphatic rings. The molecule has 1 fully saturated rings. The van der Waals surface area contributed by atoms with E-state index in [9.17, 15) is 14.4 Å². The molecule has 0 saturated carbocycles. The highest BCUT2D eigenvalue weighted by molar-refractivity contribution is 6.31. The van der Waals surface area contributed by atoms with Gasteiger partial charge in [0.15, 0.2) is 5.65 Å². The van der Waals surface area contributed by atoms with Crippen LogP contribution < -0.4 is 15.9 Å². The normalized spacial score (nSPS) is 17.0. The maximum absolute atomic E-state index is 12.6. The molecule has 8 nitrogen and oxygen atoms in total. The molecule has 1 aliphatic heterocycles. The largest absolute Gasteiger partial charge is 0.339 e. The molecule has 3 aromatic rings. The first-order valence-electron chi connectivity index (χ1n) is 7.98. The highest BCUT2D eigenvalue weighted by atomic mass is 35.5. The van der Waals surface area contributed by atoms with E-state index < -0.39 is 17.6 Å². The fourth-order valence-corrected chi connectivity index (χ4v) is 3.17. The number of fused-ring (bicyclic) bond motifs is 1. The summed E-state index contributed by atoms with van der Waals surface area (Å²) < 4.78 is 0. The van der Waals surface area contributed by atoms with Crippen molar-refractivity contribution in [3.63, 3.8) is 0 Å². The first-order valence-corrected chi connectivity index (χ1v) is 8.36. The summed E-state index contributed by atoms with van der Waals surface area (Å²) in [6.45, 7) is 0.488. The zero-order chi connectivity index (χ0) is 18.3. The number of aromatic nitrogens is 3. The van der Waals surface area contributed by atoms with Crippen molar-refractivity contribution >= 4 is 40.3 Å². The van der Waals surface area contributed by atoms with Crippen molar-refractivity contribution in [2.24, 2.45) is 0 Å². The number of hydrogen-bond donors (Lipinski definition) is 3. The number of anilines is 1. The third kappa shape index (κ3) is 2.95. The number of halogens is 1. The van der Waals surface area contributed by atoms with Crippen molar-refractivity contribution < 1.29 is 9.59 Å². The number of nitrogens with one attached hydrogen (secondary N) is 3. The third-order valence-electron chi connectivity index (χ3n) is 4.24. The van der Waals surface area contributed by atoms with Crippen LogP contribution in [0.5, 0.6) is 0 Å². The number of benzene rings is 1. The number of aromatic amines is 2. The lowest BCUT2D eigenvalue weighted by molar-refractivity contribution is -0.118. The Hall–Kier alpha value is -3.13. The van der Waals surface area contributed by atoms with Crippen molar-refractivity contribution in [2.75, 3.05) is 11.4 Å². The van der Waals surface area contributed by atoms with Crippen molar-refractivity contribution in [2.45, 2.75) is 12.5 Å². The summed E-state index contributed by atoms with van der Waals surface area (Å²) in [5.41, 5.74) is 1.23. The molecule has 4 rings (SSSR count). The number of rotatable bonds is 3. The summed E-state index contributed by atoms with van der Waals surface area (Å²) >= 11 is 5.98. The Kier molecular flexibility index (Phi) is 3.96. The van der Waals surface area contributed by atoms with Crippen LogP contribution in [-0.2, 0) is 4.79 Å². The molecule has 9 heteroatoms. The van der Waals surface area contributed by atoms with Crippen molar-refractivity contribution in [3.05, 3.63) is 57.6 Å². The van der Waals surface area contributed by atoms with Crippen LogP contribution in [-0.4, -0.2) is 39.4 Å². The highest BCUT2D eigenvalue weighted by Gasteiger charge is 2.34. The molecule has 1 atom stereocenters. The second-order valence-corrected chi connectivity index (χ2v) is 6.39. The molecule has 2 aromatic heterocycles. The Labute approximate surface area is 152 Å². The van der Waals surface area contributed by atoms with Gasteiger partial charge in [0.25, 0.3) is 5.91 Å². The van der Waals surface area contributed by atoms with Gasteiger partial charge in [-0.1, -0.05) is 17.7 Å². The average molecular weight is 372 g/mol. The lowest BCUT2D eigenvalue weighted by Crippen LogP contribution is -2.41. The molecule has 26 heavy (non-hydrogen) atoms. The van der Waals surface area contributed by atoms with E-state index in [4.69, 9.17) is 11.6 Å². The molecule has 1 unspecified atom stereocenters. The number of imidazole rings is 1. The first-order chi connectivity index (χ1) is 12.5. The molecule has 1 saturated heterocycles. The summed E-state index contributed by atoms with van der Waals surface area (Å²) in [7, 11) is 0. The van der Waals surface area contributed by atoms with E-state index in [1.54, 1.807) is 35.2 Å². The molecule has 0 radical (unpaired) electrons. The van der Waals surface area contributed by atoms with Gasteiger partial charge in [-0.3, -0.25) is 14.6 Å². The van der Waals surface area contributed by atoms with Gasteiger partial charge in [0, 0.05) is 17.3 Å². The van der Waals surface area contributed by atoms with E-state index in [0.717, 1.165) is 0 Å². The summed E-state index contributed by atoms with van der Waals surface area (Å²) in [5, 5.41) is 3.25. The van der Waals surface area contributed by atoms with E-state index in [0.29, 0.717) is 34.8 Å². The number of carbonyl (C=O) groups excluding carboxylic acids is 2. The molecular weight excluding hydrogens is 358 g/mol. The van der Waals surface area contributed by atoms with Gasteiger partial charge in [-0.25, -0.2) is 9.78 Å². The standard InChI is InChI=1S/C17H14ClN5O3/c18-9-2-1-3-10(8-9)23-7-6-13(16(23)25)20-15(24)12-5-4-11-14(19-12)22-17(26)21-11/h1-5,8,13H,6-7H2,(H,20,24)(H2,19,21,22,26). The van der Waals surface area contributed by atoms with Gasteiger partial charge in [0.2, 0.25) is 5.91 Å². The second kappa shape index (κ2) is 6.30. The number of amides is 2. The Bertz CT molecular complexity index is 1070. The van der Waals surface area contributed by atoms with Gasteiger partial charge in [0.05, 0.1) is 5.52 Å². The van der Waals surface area contributed by atoms with Gasteiger partial charge in [-0.05, 0) is 36.8 Å². The quantitative estimate of drug-likeness (QED) is 0.646. The van der Waals surface area contributed by atoms with Gasteiger partial charge in [-0.2, -0.15) is 0 Å². The molecule has 132 valence electrons. The molecule has 0 spiro atoms. The molecular formula is C17H14ClN5O3. The Morgan fingerprint density at radius 3 is 2.88 bits per heavy atom. The highest BCUT2D eigenvalue weighted by Crippen LogP contribution is 2.24. The van der Waals surface area contributed by atoms with Gasteiger partial charge in [-0.15, -0.1) is 0 Å². The summed E-state index contributed by atoms with van der Waals surface area (Å²) in [6.07, 6.45) is 0.486. The van der Waals surface area contributed by atoms with Crippen molar-refractivity contribution in [3.8, 4) is 0 Å². The Balaban J connectivity index is 1.50. The Morgan fingerprint density at radius 2 is 2.08 bits per heavy atom. The molecule has 3 N–H and O–H groups in total. The molecule has 2 amide bonds. The predicted molar refractivity (Wildman–Crippen MR) is 96.4 cm³/mol. The SMILES string of the molecule is O=C(NC1CCN(c2cccc(Cl)c2)C1=O)c1ccc2[nH]c(=O)[nH]c2n1. The van der Waals surface area contributed by atoms with Crippen LogP contribution in [0, 0.1) is 0 Å². The van der Waals surface area contributed by atoms with Crippen molar-refractivity contribution in [1.82, 2.24) is 20.3 Å². The fraction of sp³-hybridized carbons (Fsp3) is 0.176.